The van der Waals surface area contributed by atoms with E-state index in [1.54, 1.807) is 24.7 Å². The first-order chi connectivity index (χ1) is 14.2. The zero-order valence-corrected chi connectivity index (χ0v) is 18.4. The zero-order chi connectivity index (χ0) is 22.1. The van der Waals surface area contributed by atoms with Gasteiger partial charge in [0.05, 0.1) is 17.0 Å². The van der Waals surface area contributed by atoms with Crippen LogP contribution in [0.1, 0.15) is 23.2 Å². The summed E-state index contributed by atoms with van der Waals surface area (Å²) in [5.41, 5.74) is -0.00906. The topological polar surface area (TPSA) is 98.1 Å². The van der Waals surface area contributed by atoms with E-state index in [-0.39, 0.29) is 22.4 Å². The third kappa shape index (κ3) is 4.13. The highest BCUT2D eigenvalue weighted by atomic mass is 32.2. The molecule has 1 saturated heterocycles. The Hall–Kier alpha value is -2.27. The van der Waals surface area contributed by atoms with E-state index in [4.69, 9.17) is 9.47 Å². The Morgan fingerprint density at radius 3 is 2.43 bits per heavy atom. The van der Waals surface area contributed by atoms with Crippen molar-refractivity contribution in [3.8, 4) is 0 Å². The molecule has 9 nitrogen and oxygen atoms in total. The van der Waals surface area contributed by atoms with Gasteiger partial charge in [-0.15, -0.1) is 0 Å². The maximum atomic E-state index is 13.1. The average Bonchev–Trinajstić information content (AvgIpc) is 3.29. The molecular weight excluding hydrogens is 410 g/mol. The number of hydrogen-bond donors (Lipinski definition) is 0. The van der Waals surface area contributed by atoms with Gasteiger partial charge in [-0.3, -0.25) is 9.59 Å². The van der Waals surface area contributed by atoms with Crippen molar-refractivity contribution in [3.63, 3.8) is 0 Å². The van der Waals surface area contributed by atoms with Gasteiger partial charge in [0.25, 0.3) is 5.91 Å². The molecule has 2 aromatic rings. The normalized spacial score (nSPS) is 15.2. The van der Waals surface area contributed by atoms with Gasteiger partial charge in [0.1, 0.15) is 5.56 Å². The minimum absolute atomic E-state index is 0.0471. The number of pyridine rings is 1. The molecule has 0 saturated carbocycles. The fourth-order valence-corrected chi connectivity index (χ4v) is 5.16. The summed E-state index contributed by atoms with van der Waals surface area (Å²) in [6.07, 6.45) is 2.49. The largest absolute Gasteiger partial charge is 0.354 e. The number of benzene rings is 1. The highest BCUT2D eigenvalue weighted by Gasteiger charge is 2.28. The summed E-state index contributed by atoms with van der Waals surface area (Å²) in [4.78, 5) is 27.4. The van der Waals surface area contributed by atoms with Gasteiger partial charge >= 0.3 is 0 Å². The number of aromatic nitrogens is 1. The van der Waals surface area contributed by atoms with Crippen LogP contribution in [0.15, 0.2) is 34.1 Å². The van der Waals surface area contributed by atoms with E-state index < -0.39 is 27.6 Å². The molecule has 1 aromatic heterocycles. The first-order valence-corrected chi connectivity index (χ1v) is 11.1. The number of carbonyl (C=O) groups is 1. The standard InChI is InChI=1S/C20H27N3O6S/c1-21-12-16(20(25)22(2)13-18(28-3)29-4)19(24)15-11-14(7-8-17(15)21)30(26,27)23-9-5-6-10-23/h7-8,11-12,18H,5-6,9-10,13H2,1-4H3. The number of amides is 1. The fourth-order valence-electron chi connectivity index (χ4n) is 3.62. The summed E-state index contributed by atoms with van der Waals surface area (Å²) in [5, 5.41) is 0.187. The number of nitrogens with zero attached hydrogens (tertiary/aromatic N) is 3. The van der Waals surface area contributed by atoms with E-state index >= 15 is 0 Å². The summed E-state index contributed by atoms with van der Waals surface area (Å²) >= 11 is 0. The van der Waals surface area contributed by atoms with E-state index in [2.05, 4.69) is 0 Å². The van der Waals surface area contributed by atoms with Gasteiger partial charge in [0.15, 0.2) is 6.29 Å². The van der Waals surface area contributed by atoms with Gasteiger partial charge in [-0.05, 0) is 31.0 Å². The van der Waals surface area contributed by atoms with Crippen molar-refractivity contribution in [2.45, 2.75) is 24.0 Å². The number of ether oxygens (including phenoxy) is 2. The first kappa shape index (κ1) is 22.4. The van der Waals surface area contributed by atoms with E-state index in [1.807, 2.05) is 0 Å². The lowest BCUT2D eigenvalue weighted by Gasteiger charge is -2.22. The van der Waals surface area contributed by atoms with Crippen molar-refractivity contribution >= 4 is 26.8 Å². The maximum absolute atomic E-state index is 13.1. The van der Waals surface area contributed by atoms with Gasteiger partial charge in [0.2, 0.25) is 15.5 Å². The van der Waals surface area contributed by atoms with Gasteiger partial charge in [-0.25, -0.2) is 8.42 Å². The number of sulfonamides is 1. The molecule has 1 amide bonds. The molecule has 0 atom stereocenters. The van der Waals surface area contributed by atoms with Crippen molar-refractivity contribution in [1.29, 1.82) is 0 Å². The van der Waals surface area contributed by atoms with Crippen LogP contribution in [0, 0.1) is 0 Å². The Balaban J connectivity index is 2.05. The molecule has 1 aliphatic rings. The second kappa shape index (κ2) is 8.84. The molecule has 30 heavy (non-hydrogen) atoms. The van der Waals surface area contributed by atoms with Crippen molar-refractivity contribution < 1.29 is 22.7 Å². The molecule has 0 unspecified atom stereocenters. The monoisotopic (exact) mass is 437 g/mol. The molecule has 1 aliphatic heterocycles. The second-order valence-electron chi connectivity index (χ2n) is 7.36. The molecule has 164 valence electrons. The molecular formula is C20H27N3O6S. The van der Waals surface area contributed by atoms with Crippen LogP contribution in [0.25, 0.3) is 10.9 Å². The predicted molar refractivity (Wildman–Crippen MR) is 112 cm³/mol. The van der Waals surface area contributed by atoms with Gasteiger partial charge in [-0.2, -0.15) is 4.31 Å². The van der Waals surface area contributed by atoms with Gasteiger partial charge in [-0.1, -0.05) is 0 Å². The Morgan fingerprint density at radius 2 is 1.83 bits per heavy atom. The van der Waals surface area contributed by atoms with Crippen LogP contribution in [0.5, 0.6) is 0 Å². The summed E-state index contributed by atoms with van der Waals surface area (Å²) < 4.78 is 39.1. The molecule has 0 spiro atoms. The van der Waals surface area contributed by atoms with E-state index in [1.165, 1.54) is 41.8 Å². The van der Waals surface area contributed by atoms with Crippen LogP contribution in [0.3, 0.4) is 0 Å². The number of fused-ring (bicyclic) bond motifs is 1. The molecule has 10 heteroatoms. The number of carbonyl (C=O) groups excluding carboxylic acids is 1. The molecule has 1 aromatic carbocycles. The van der Waals surface area contributed by atoms with Crippen LogP contribution in [-0.4, -0.2) is 75.3 Å². The Bertz CT molecular complexity index is 1100. The van der Waals surface area contributed by atoms with Crippen LogP contribution < -0.4 is 5.43 Å². The minimum atomic E-state index is -3.68. The number of rotatable bonds is 7. The molecule has 3 rings (SSSR count). The third-order valence-corrected chi connectivity index (χ3v) is 7.28. The average molecular weight is 438 g/mol. The number of hydrogen-bond acceptors (Lipinski definition) is 6. The molecule has 2 heterocycles. The molecule has 0 radical (unpaired) electrons. The van der Waals surface area contributed by atoms with E-state index in [0.29, 0.717) is 18.6 Å². The van der Waals surface area contributed by atoms with Crippen molar-refractivity contribution in [3.05, 3.63) is 40.2 Å². The van der Waals surface area contributed by atoms with Crippen LogP contribution in [-0.2, 0) is 26.5 Å². The number of likely N-dealkylation sites (N-methyl/N-ethyl adjacent to an activating group) is 1. The zero-order valence-electron chi connectivity index (χ0n) is 17.6. The summed E-state index contributed by atoms with van der Waals surface area (Å²) in [5.74, 6) is -0.496. The highest BCUT2D eigenvalue weighted by Crippen LogP contribution is 2.23. The smallest absolute Gasteiger partial charge is 0.259 e. The van der Waals surface area contributed by atoms with Crippen molar-refractivity contribution in [2.75, 3.05) is 40.9 Å². The molecule has 1 fully saturated rings. The lowest BCUT2D eigenvalue weighted by Crippen LogP contribution is -2.38. The first-order valence-electron chi connectivity index (χ1n) is 9.65. The van der Waals surface area contributed by atoms with Crippen LogP contribution in [0.4, 0.5) is 0 Å². The van der Waals surface area contributed by atoms with Crippen molar-refractivity contribution in [1.82, 2.24) is 13.8 Å². The SMILES string of the molecule is COC(CN(C)C(=O)c1cn(C)c2ccc(S(=O)(=O)N3CCCC3)cc2c1=O)OC. The molecule has 0 aliphatic carbocycles. The van der Waals surface area contributed by atoms with Crippen LogP contribution in [0.2, 0.25) is 0 Å². The fraction of sp³-hybridized carbons (Fsp3) is 0.500. The number of aryl methyl sites for hydroxylation is 1. The summed E-state index contributed by atoms with van der Waals surface area (Å²) in [7, 11) is 2.50. The lowest BCUT2D eigenvalue weighted by atomic mass is 10.1. The quantitative estimate of drug-likeness (QED) is 0.600. The van der Waals surface area contributed by atoms with Crippen molar-refractivity contribution in [2.24, 2.45) is 7.05 Å². The van der Waals surface area contributed by atoms with Gasteiger partial charge in [0, 0.05) is 53.0 Å². The highest BCUT2D eigenvalue weighted by molar-refractivity contribution is 7.89. The number of methoxy groups -OCH3 is 2. The van der Waals surface area contributed by atoms with E-state index in [0.717, 1.165) is 12.8 Å². The third-order valence-electron chi connectivity index (χ3n) is 5.39. The maximum Gasteiger partial charge on any atom is 0.259 e. The minimum Gasteiger partial charge on any atom is -0.354 e. The lowest BCUT2D eigenvalue weighted by molar-refractivity contribution is -0.110. The Kier molecular flexibility index (Phi) is 6.61. The van der Waals surface area contributed by atoms with E-state index in [9.17, 15) is 18.0 Å². The van der Waals surface area contributed by atoms with Crippen LogP contribution >= 0.6 is 0 Å². The summed E-state index contributed by atoms with van der Waals surface area (Å²) in [6.45, 7) is 1.08. The Morgan fingerprint density at radius 1 is 1.20 bits per heavy atom. The van der Waals surface area contributed by atoms with Gasteiger partial charge < -0.3 is 18.9 Å². The Labute approximate surface area is 175 Å². The summed E-state index contributed by atoms with van der Waals surface area (Å²) in [6, 6.07) is 4.48. The molecule has 0 bridgehead atoms. The molecule has 0 N–H and O–H groups in total. The predicted octanol–water partition coefficient (Wildman–Crippen LogP) is 1.01. The second-order valence-corrected chi connectivity index (χ2v) is 9.30.